The van der Waals surface area contributed by atoms with E-state index >= 15 is 0 Å². The van der Waals surface area contributed by atoms with Gasteiger partial charge in [-0.3, -0.25) is 0 Å². The van der Waals surface area contributed by atoms with Crippen LogP contribution in [0, 0.1) is 27.7 Å². The molecule has 0 atom stereocenters. The summed E-state index contributed by atoms with van der Waals surface area (Å²) in [5.41, 5.74) is 15.2. The minimum Gasteiger partial charge on any atom is -0.310 e. The van der Waals surface area contributed by atoms with E-state index < -0.39 is 0 Å². The zero-order valence-corrected chi connectivity index (χ0v) is 23.6. The third-order valence-corrected chi connectivity index (χ3v) is 8.45. The first-order valence-corrected chi connectivity index (χ1v) is 13.9. The van der Waals surface area contributed by atoms with Crippen molar-refractivity contribution in [3.63, 3.8) is 0 Å². The fraction of sp³-hybridized carbons (Fsp3) is 0.189. The minimum atomic E-state index is -0.0620. The highest BCUT2D eigenvalue weighted by atomic mass is 15.1. The number of anilines is 3. The first-order valence-electron chi connectivity index (χ1n) is 13.9. The largest absolute Gasteiger partial charge is 0.310 e. The monoisotopic (exact) mass is 506 g/mol. The van der Waals surface area contributed by atoms with Crippen LogP contribution in [0.2, 0.25) is 0 Å². The Kier molecular flexibility index (Phi) is 5.09. The summed E-state index contributed by atoms with van der Waals surface area (Å²) in [5.74, 6) is 0. The second-order valence-corrected chi connectivity index (χ2v) is 11.9. The molecule has 5 aromatic carbocycles. The van der Waals surface area contributed by atoms with Gasteiger partial charge in [0.05, 0.1) is 16.7 Å². The number of hydrogen-bond acceptors (Lipinski definition) is 1. The smallest absolute Gasteiger partial charge is 0.0582 e. The molecule has 1 aliphatic rings. The molecule has 2 heteroatoms. The lowest BCUT2D eigenvalue weighted by atomic mass is 9.75. The maximum atomic E-state index is 2.49. The predicted molar refractivity (Wildman–Crippen MR) is 167 cm³/mol. The summed E-state index contributed by atoms with van der Waals surface area (Å²) in [4.78, 5) is 2.42. The van der Waals surface area contributed by atoms with Gasteiger partial charge in [-0.05, 0) is 110 Å². The van der Waals surface area contributed by atoms with Gasteiger partial charge in [0.1, 0.15) is 0 Å². The lowest BCUT2D eigenvalue weighted by molar-refractivity contribution is 0.630. The van der Waals surface area contributed by atoms with E-state index in [1.165, 1.54) is 77.9 Å². The normalized spacial score (nSPS) is 13.6. The van der Waals surface area contributed by atoms with Crippen molar-refractivity contribution < 1.29 is 0 Å². The molecule has 0 aliphatic carbocycles. The molecule has 0 fully saturated rings. The second kappa shape index (κ2) is 8.35. The molecule has 7 rings (SSSR count). The standard InChI is InChI=1S/C37H34N2/c1-23-16-24(2)19-28(18-23)38(29-20-25(3)17-26(4)21-29)27-14-15-34-31(22-27)30-10-9-12-33-36(30)39(34)35-13-8-7-11-32(35)37(33,5)6/h7-22H,1-6H3. The van der Waals surface area contributed by atoms with Gasteiger partial charge in [-0.1, -0.05) is 62.4 Å². The van der Waals surface area contributed by atoms with Crippen molar-refractivity contribution in [2.24, 2.45) is 0 Å². The van der Waals surface area contributed by atoms with E-state index in [-0.39, 0.29) is 5.41 Å². The molecule has 2 nitrogen and oxygen atoms in total. The molecule has 6 aromatic rings. The predicted octanol–water partition coefficient (Wildman–Crippen LogP) is 10.1. The molecule has 0 N–H and O–H groups in total. The SMILES string of the molecule is Cc1cc(C)cc(N(c2cc(C)cc(C)c2)c2ccc3c(c2)c2cccc4c2n3-c2ccccc2C4(C)C)c1. The Labute approximate surface area is 231 Å². The van der Waals surface area contributed by atoms with Gasteiger partial charge in [-0.25, -0.2) is 0 Å². The van der Waals surface area contributed by atoms with E-state index in [9.17, 15) is 0 Å². The summed E-state index contributed by atoms with van der Waals surface area (Å²) in [6.45, 7) is 13.4. The van der Waals surface area contributed by atoms with Crippen molar-refractivity contribution in [3.8, 4) is 5.69 Å². The van der Waals surface area contributed by atoms with Crippen molar-refractivity contribution in [2.45, 2.75) is 47.0 Å². The molecule has 0 amide bonds. The molecule has 192 valence electrons. The summed E-state index contributed by atoms with van der Waals surface area (Å²) >= 11 is 0. The van der Waals surface area contributed by atoms with E-state index in [1.54, 1.807) is 0 Å². The van der Waals surface area contributed by atoms with Crippen LogP contribution < -0.4 is 4.90 Å². The fourth-order valence-electron chi connectivity index (χ4n) is 6.90. The fourth-order valence-corrected chi connectivity index (χ4v) is 6.90. The Hall–Kier alpha value is -4.30. The summed E-state index contributed by atoms with van der Waals surface area (Å²) in [7, 11) is 0. The van der Waals surface area contributed by atoms with Gasteiger partial charge in [0.2, 0.25) is 0 Å². The molecular weight excluding hydrogens is 472 g/mol. The Morgan fingerprint density at radius 2 is 1.13 bits per heavy atom. The average Bonchev–Trinajstić information content (AvgIpc) is 3.21. The highest BCUT2D eigenvalue weighted by Crippen LogP contribution is 2.48. The maximum absolute atomic E-state index is 2.49. The third kappa shape index (κ3) is 3.55. The molecule has 2 heterocycles. The Balaban J connectivity index is 1.55. The van der Waals surface area contributed by atoms with Crippen LogP contribution >= 0.6 is 0 Å². The molecule has 0 spiro atoms. The number of benzene rings is 5. The molecule has 1 aromatic heterocycles. The molecule has 0 unspecified atom stereocenters. The van der Waals surface area contributed by atoms with Crippen LogP contribution in [-0.2, 0) is 5.41 Å². The van der Waals surface area contributed by atoms with Gasteiger partial charge in [-0.15, -0.1) is 0 Å². The summed E-state index contributed by atoms with van der Waals surface area (Å²) in [6, 6.07) is 36.4. The highest BCUT2D eigenvalue weighted by Gasteiger charge is 2.34. The number of nitrogens with zero attached hydrogens (tertiary/aromatic N) is 2. The molecule has 1 aliphatic heterocycles. The Morgan fingerprint density at radius 3 is 1.77 bits per heavy atom. The first-order chi connectivity index (χ1) is 18.7. The van der Waals surface area contributed by atoms with E-state index in [1.807, 2.05) is 0 Å². The number of aromatic nitrogens is 1. The van der Waals surface area contributed by atoms with Crippen molar-refractivity contribution in [1.29, 1.82) is 0 Å². The van der Waals surface area contributed by atoms with Crippen LogP contribution in [0.4, 0.5) is 17.1 Å². The van der Waals surface area contributed by atoms with Gasteiger partial charge >= 0.3 is 0 Å². The van der Waals surface area contributed by atoms with E-state index in [4.69, 9.17) is 0 Å². The zero-order chi connectivity index (χ0) is 27.1. The lowest BCUT2D eigenvalue weighted by Crippen LogP contribution is -2.26. The number of fused-ring (bicyclic) bond motifs is 5. The molecule has 0 radical (unpaired) electrons. The average molecular weight is 507 g/mol. The van der Waals surface area contributed by atoms with Gasteiger partial charge in [-0.2, -0.15) is 0 Å². The van der Waals surface area contributed by atoms with E-state index in [0.717, 1.165) is 0 Å². The van der Waals surface area contributed by atoms with Crippen molar-refractivity contribution >= 4 is 38.9 Å². The summed E-state index contributed by atoms with van der Waals surface area (Å²) in [6.07, 6.45) is 0. The van der Waals surface area contributed by atoms with E-state index in [2.05, 4.69) is 148 Å². The second-order valence-electron chi connectivity index (χ2n) is 11.9. The van der Waals surface area contributed by atoms with Crippen LogP contribution in [-0.4, -0.2) is 4.57 Å². The minimum absolute atomic E-state index is 0.0620. The Morgan fingerprint density at radius 1 is 0.538 bits per heavy atom. The number of hydrogen-bond donors (Lipinski definition) is 0. The number of para-hydroxylation sites is 2. The first kappa shape index (κ1) is 23.8. The number of aryl methyl sites for hydroxylation is 4. The zero-order valence-electron chi connectivity index (χ0n) is 23.6. The van der Waals surface area contributed by atoms with Crippen LogP contribution in [0.3, 0.4) is 0 Å². The topological polar surface area (TPSA) is 8.17 Å². The van der Waals surface area contributed by atoms with Gasteiger partial charge in [0, 0.05) is 33.2 Å². The number of rotatable bonds is 3. The van der Waals surface area contributed by atoms with Crippen LogP contribution in [0.25, 0.3) is 27.5 Å². The Bertz CT molecular complexity index is 1840. The van der Waals surface area contributed by atoms with Crippen molar-refractivity contribution in [1.82, 2.24) is 4.57 Å². The summed E-state index contributed by atoms with van der Waals surface area (Å²) < 4.78 is 2.49. The van der Waals surface area contributed by atoms with E-state index in [0.29, 0.717) is 0 Å². The maximum Gasteiger partial charge on any atom is 0.0582 e. The molecule has 0 bridgehead atoms. The highest BCUT2D eigenvalue weighted by molar-refractivity contribution is 6.12. The molecule has 0 saturated carbocycles. The van der Waals surface area contributed by atoms with Crippen LogP contribution in [0.5, 0.6) is 0 Å². The van der Waals surface area contributed by atoms with Gasteiger partial charge in [0.25, 0.3) is 0 Å². The van der Waals surface area contributed by atoms with Crippen LogP contribution in [0.15, 0.2) is 97.1 Å². The third-order valence-electron chi connectivity index (χ3n) is 8.45. The quantitative estimate of drug-likeness (QED) is 0.232. The van der Waals surface area contributed by atoms with Crippen LogP contribution in [0.1, 0.15) is 47.2 Å². The molecule has 0 saturated heterocycles. The summed E-state index contributed by atoms with van der Waals surface area (Å²) in [5, 5.41) is 2.60. The van der Waals surface area contributed by atoms with Gasteiger partial charge < -0.3 is 9.47 Å². The van der Waals surface area contributed by atoms with Crippen molar-refractivity contribution in [3.05, 3.63) is 130 Å². The van der Waals surface area contributed by atoms with Gasteiger partial charge in [0.15, 0.2) is 0 Å². The molecule has 39 heavy (non-hydrogen) atoms. The van der Waals surface area contributed by atoms with Crippen molar-refractivity contribution in [2.75, 3.05) is 4.90 Å². The molecular formula is C37H34N2. The lowest BCUT2D eigenvalue weighted by Gasteiger charge is -2.34.